The summed E-state index contributed by atoms with van der Waals surface area (Å²) < 4.78 is 0. The van der Waals surface area contributed by atoms with Crippen LogP contribution in [-0.2, 0) is 22.6 Å². The van der Waals surface area contributed by atoms with E-state index in [9.17, 15) is 9.59 Å². The molecule has 0 aliphatic rings. The lowest BCUT2D eigenvalue weighted by atomic mass is 10.0. The fraction of sp³-hybridized carbons (Fsp3) is 0.333. The van der Waals surface area contributed by atoms with Gasteiger partial charge in [-0.15, -0.1) is 0 Å². The summed E-state index contributed by atoms with van der Waals surface area (Å²) in [7, 11) is 0. The Balaban J connectivity index is 2.33. The molecule has 1 N–H and O–H groups in total. The highest BCUT2D eigenvalue weighted by molar-refractivity contribution is 6.30. The number of likely N-dealkylation sites (N-methyl/N-ethyl adjacent to an activating group) is 1. The summed E-state index contributed by atoms with van der Waals surface area (Å²) in [5.41, 5.74) is 1.92. The van der Waals surface area contributed by atoms with Gasteiger partial charge in [-0.1, -0.05) is 61.0 Å². The molecule has 1 atom stereocenters. The van der Waals surface area contributed by atoms with Crippen LogP contribution in [0.4, 0.5) is 0 Å². The zero-order chi connectivity index (χ0) is 18.9. The molecule has 0 radical (unpaired) electrons. The molecule has 138 valence electrons. The zero-order valence-electron chi connectivity index (χ0n) is 15.2. The highest BCUT2D eigenvalue weighted by atomic mass is 35.5. The van der Waals surface area contributed by atoms with E-state index in [1.54, 1.807) is 11.0 Å². The maximum atomic E-state index is 12.7. The molecule has 0 fully saturated rings. The first kappa shape index (κ1) is 20.0. The van der Waals surface area contributed by atoms with Gasteiger partial charge in [-0.25, -0.2) is 0 Å². The van der Waals surface area contributed by atoms with E-state index < -0.39 is 6.04 Å². The van der Waals surface area contributed by atoms with Crippen molar-refractivity contribution < 1.29 is 9.59 Å². The van der Waals surface area contributed by atoms with Crippen LogP contribution < -0.4 is 5.32 Å². The number of nitrogens with zero attached hydrogens (tertiary/aromatic N) is 1. The number of hydrogen-bond acceptors (Lipinski definition) is 2. The molecular formula is C21H25ClN2O2. The van der Waals surface area contributed by atoms with Crippen molar-refractivity contribution in [3.05, 3.63) is 70.7 Å². The molecule has 0 unspecified atom stereocenters. The molecule has 0 saturated carbocycles. The van der Waals surface area contributed by atoms with Crippen molar-refractivity contribution in [2.45, 2.75) is 39.3 Å². The van der Waals surface area contributed by atoms with Gasteiger partial charge in [0, 0.05) is 31.0 Å². The molecule has 0 aliphatic heterocycles. The Hall–Kier alpha value is -2.33. The zero-order valence-corrected chi connectivity index (χ0v) is 16.0. The third-order valence-corrected chi connectivity index (χ3v) is 4.40. The fourth-order valence-electron chi connectivity index (χ4n) is 2.88. The van der Waals surface area contributed by atoms with E-state index in [0.717, 1.165) is 11.1 Å². The third-order valence-electron chi connectivity index (χ3n) is 4.17. The monoisotopic (exact) mass is 372 g/mol. The second-order valence-corrected chi connectivity index (χ2v) is 6.54. The molecule has 26 heavy (non-hydrogen) atoms. The number of halogens is 1. The van der Waals surface area contributed by atoms with E-state index in [0.29, 0.717) is 31.0 Å². The van der Waals surface area contributed by atoms with E-state index in [1.165, 1.54) is 0 Å². The van der Waals surface area contributed by atoms with Crippen LogP contribution in [-0.4, -0.2) is 29.3 Å². The van der Waals surface area contributed by atoms with Crippen molar-refractivity contribution in [2.75, 3.05) is 6.54 Å². The average molecular weight is 373 g/mol. The minimum atomic E-state index is -0.566. The van der Waals surface area contributed by atoms with Crippen molar-refractivity contribution in [3.8, 4) is 0 Å². The lowest BCUT2D eigenvalue weighted by Gasteiger charge is -2.31. The Kier molecular flexibility index (Phi) is 7.67. The second-order valence-electron chi connectivity index (χ2n) is 6.11. The number of hydrogen-bond donors (Lipinski definition) is 1. The van der Waals surface area contributed by atoms with Crippen LogP contribution in [0.25, 0.3) is 0 Å². The lowest BCUT2D eigenvalue weighted by molar-refractivity contribution is -0.141. The first-order valence-electron chi connectivity index (χ1n) is 8.90. The predicted molar refractivity (Wildman–Crippen MR) is 105 cm³/mol. The van der Waals surface area contributed by atoms with Gasteiger partial charge in [-0.2, -0.15) is 0 Å². The summed E-state index contributed by atoms with van der Waals surface area (Å²) in [5, 5.41) is 3.48. The number of amides is 2. The van der Waals surface area contributed by atoms with Gasteiger partial charge in [0.1, 0.15) is 6.04 Å². The maximum Gasteiger partial charge on any atom is 0.243 e. The van der Waals surface area contributed by atoms with Gasteiger partial charge in [0.15, 0.2) is 0 Å². The van der Waals surface area contributed by atoms with Crippen LogP contribution in [0, 0.1) is 0 Å². The molecule has 2 rings (SSSR count). The van der Waals surface area contributed by atoms with Crippen LogP contribution >= 0.6 is 11.6 Å². The van der Waals surface area contributed by atoms with Crippen molar-refractivity contribution in [1.29, 1.82) is 0 Å². The average Bonchev–Trinajstić information content (AvgIpc) is 2.65. The van der Waals surface area contributed by atoms with Crippen LogP contribution in [0.15, 0.2) is 54.6 Å². The summed E-state index contributed by atoms with van der Waals surface area (Å²) in [5.74, 6) is -0.197. The summed E-state index contributed by atoms with van der Waals surface area (Å²) in [6.45, 7) is 4.56. The van der Waals surface area contributed by atoms with Crippen molar-refractivity contribution in [1.82, 2.24) is 10.2 Å². The Bertz CT molecular complexity index is 734. The SMILES string of the molecule is CCNC(=O)[C@H](Cc1ccccc1)N(Cc1cccc(Cl)c1)C(=O)CC. The number of benzene rings is 2. The number of nitrogens with one attached hydrogen (secondary N) is 1. The van der Waals surface area contributed by atoms with Crippen molar-refractivity contribution >= 4 is 23.4 Å². The minimum absolute atomic E-state index is 0.0582. The smallest absolute Gasteiger partial charge is 0.243 e. The summed E-state index contributed by atoms with van der Waals surface area (Å²) >= 11 is 6.08. The first-order chi connectivity index (χ1) is 12.5. The standard InChI is InChI=1S/C21H25ClN2O2/c1-3-20(25)24(15-17-11-8-12-18(22)13-17)19(21(26)23-4-2)14-16-9-6-5-7-10-16/h5-13,19H,3-4,14-15H2,1-2H3,(H,23,26)/t19-/m0/s1. The van der Waals surface area contributed by atoms with Crippen LogP contribution in [0.1, 0.15) is 31.4 Å². The Labute approximate surface area is 160 Å². The van der Waals surface area contributed by atoms with Gasteiger partial charge in [0.05, 0.1) is 0 Å². The van der Waals surface area contributed by atoms with E-state index >= 15 is 0 Å². The highest BCUT2D eigenvalue weighted by Gasteiger charge is 2.29. The molecule has 2 amide bonds. The Morgan fingerprint density at radius 2 is 1.73 bits per heavy atom. The molecule has 0 heterocycles. The second kappa shape index (κ2) is 9.97. The van der Waals surface area contributed by atoms with Gasteiger partial charge in [-0.3, -0.25) is 9.59 Å². The predicted octanol–water partition coefficient (Wildman–Crippen LogP) is 3.83. The number of carbonyl (C=O) groups is 2. The molecule has 0 aromatic heterocycles. The molecule has 4 nitrogen and oxygen atoms in total. The highest BCUT2D eigenvalue weighted by Crippen LogP contribution is 2.18. The Morgan fingerprint density at radius 3 is 2.35 bits per heavy atom. The minimum Gasteiger partial charge on any atom is -0.355 e. The summed E-state index contributed by atoms with van der Waals surface area (Å²) in [6.07, 6.45) is 0.810. The van der Waals surface area contributed by atoms with E-state index in [2.05, 4.69) is 5.32 Å². The first-order valence-corrected chi connectivity index (χ1v) is 9.28. The summed E-state index contributed by atoms with van der Waals surface area (Å²) in [4.78, 5) is 27.0. The van der Waals surface area contributed by atoms with Gasteiger partial charge in [-0.05, 0) is 30.2 Å². The van der Waals surface area contributed by atoms with Gasteiger partial charge >= 0.3 is 0 Å². The topological polar surface area (TPSA) is 49.4 Å². The third kappa shape index (κ3) is 5.60. The van der Waals surface area contributed by atoms with E-state index in [1.807, 2.05) is 62.4 Å². The van der Waals surface area contributed by atoms with Crippen molar-refractivity contribution in [2.24, 2.45) is 0 Å². The van der Waals surface area contributed by atoms with Crippen molar-refractivity contribution in [3.63, 3.8) is 0 Å². The molecule has 0 aliphatic carbocycles. The molecule has 5 heteroatoms. The lowest BCUT2D eigenvalue weighted by Crippen LogP contribution is -2.50. The largest absolute Gasteiger partial charge is 0.355 e. The molecule has 0 spiro atoms. The Morgan fingerprint density at radius 1 is 1.04 bits per heavy atom. The molecular weight excluding hydrogens is 348 g/mol. The van der Waals surface area contributed by atoms with Gasteiger partial charge in [0.25, 0.3) is 0 Å². The quantitative estimate of drug-likeness (QED) is 0.765. The number of rotatable bonds is 8. The molecule has 2 aromatic carbocycles. The van der Waals surface area contributed by atoms with Crippen LogP contribution in [0.5, 0.6) is 0 Å². The molecule has 2 aromatic rings. The van der Waals surface area contributed by atoms with Gasteiger partial charge < -0.3 is 10.2 Å². The maximum absolute atomic E-state index is 12.7. The molecule has 0 bridgehead atoms. The van der Waals surface area contributed by atoms with Crippen LogP contribution in [0.3, 0.4) is 0 Å². The normalized spacial score (nSPS) is 11.7. The molecule has 0 saturated heterocycles. The summed E-state index contributed by atoms with van der Waals surface area (Å²) in [6, 6.07) is 16.6. The van der Waals surface area contributed by atoms with Crippen LogP contribution in [0.2, 0.25) is 5.02 Å². The number of carbonyl (C=O) groups excluding carboxylic acids is 2. The van der Waals surface area contributed by atoms with Gasteiger partial charge in [0.2, 0.25) is 11.8 Å². The fourth-order valence-corrected chi connectivity index (χ4v) is 3.09. The van der Waals surface area contributed by atoms with E-state index in [4.69, 9.17) is 11.6 Å². The van der Waals surface area contributed by atoms with E-state index in [-0.39, 0.29) is 11.8 Å².